The fourth-order valence-electron chi connectivity index (χ4n) is 2.26. The largest absolute Gasteiger partial charge is 0.379 e. The molecule has 3 rings (SSSR count). The number of hydrogen-bond donors (Lipinski definition) is 1. The van der Waals surface area contributed by atoms with Gasteiger partial charge >= 0.3 is 0 Å². The topological polar surface area (TPSA) is 24.9 Å². The second-order valence-corrected chi connectivity index (χ2v) is 4.65. The van der Waals surface area contributed by atoms with Gasteiger partial charge in [-0.2, -0.15) is 0 Å². The van der Waals surface area contributed by atoms with Crippen molar-refractivity contribution in [2.75, 3.05) is 5.32 Å². The first kappa shape index (κ1) is 11.7. The van der Waals surface area contributed by atoms with Gasteiger partial charge in [-0.3, -0.25) is 4.98 Å². The van der Waals surface area contributed by atoms with Crippen LogP contribution in [0.1, 0.15) is 11.3 Å². The van der Waals surface area contributed by atoms with Gasteiger partial charge in [-0.1, -0.05) is 42.5 Å². The summed E-state index contributed by atoms with van der Waals surface area (Å²) in [7, 11) is 0. The molecule has 2 nitrogen and oxygen atoms in total. The maximum atomic E-state index is 4.41. The van der Waals surface area contributed by atoms with E-state index in [-0.39, 0.29) is 0 Å². The Morgan fingerprint density at radius 3 is 2.68 bits per heavy atom. The maximum absolute atomic E-state index is 4.41. The molecule has 94 valence electrons. The molecule has 1 aromatic heterocycles. The standard InChI is InChI=1S/C17H16N2/c1-13-6-5-11-18-17(13)12-19-16-10-4-8-14-7-2-3-9-15(14)16/h2-11,19H,12H2,1H3. The molecule has 0 saturated carbocycles. The summed E-state index contributed by atoms with van der Waals surface area (Å²) >= 11 is 0. The quantitative estimate of drug-likeness (QED) is 0.753. The molecular formula is C17H16N2. The van der Waals surface area contributed by atoms with Gasteiger partial charge in [0.25, 0.3) is 0 Å². The summed E-state index contributed by atoms with van der Waals surface area (Å²) in [6.07, 6.45) is 1.84. The van der Waals surface area contributed by atoms with Gasteiger partial charge in [0.15, 0.2) is 0 Å². The van der Waals surface area contributed by atoms with Crippen molar-refractivity contribution in [1.82, 2.24) is 4.98 Å². The summed E-state index contributed by atoms with van der Waals surface area (Å²) in [4.78, 5) is 4.41. The fourth-order valence-corrected chi connectivity index (χ4v) is 2.26. The number of nitrogens with zero attached hydrogens (tertiary/aromatic N) is 1. The molecule has 19 heavy (non-hydrogen) atoms. The van der Waals surface area contributed by atoms with Gasteiger partial charge in [-0.25, -0.2) is 0 Å². The fraction of sp³-hybridized carbons (Fsp3) is 0.118. The Morgan fingerprint density at radius 1 is 0.947 bits per heavy atom. The number of nitrogens with one attached hydrogen (secondary N) is 1. The van der Waals surface area contributed by atoms with Crippen LogP contribution in [0.5, 0.6) is 0 Å². The van der Waals surface area contributed by atoms with Crippen molar-refractivity contribution >= 4 is 16.5 Å². The highest BCUT2D eigenvalue weighted by Crippen LogP contribution is 2.23. The molecule has 0 aliphatic heterocycles. The highest BCUT2D eigenvalue weighted by Gasteiger charge is 2.02. The molecule has 1 N–H and O–H groups in total. The van der Waals surface area contributed by atoms with Crippen LogP contribution in [0.3, 0.4) is 0 Å². The van der Waals surface area contributed by atoms with E-state index in [9.17, 15) is 0 Å². The van der Waals surface area contributed by atoms with Crippen molar-refractivity contribution in [2.24, 2.45) is 0 Å². The second kappa shape index (κ2) is 5.11. The van der Waals surface area contributed by atoms with E-state index < -0.39 is 0 Å². The van der Waals surface area contributed by atoms with Crippen molar-refractivity contribution in [2.45, 2.75) is 13.5 Å². The number of rotatable bonds is 3. The highest BCUT2D eigenvalue weighted by molar-refractivity contribution is 5.93. The van der Waals surface area contributed by atoms with Crippen LogP contribution in [0.15, 0.2) is 60.8 Å². The van der Waals surface area contributed by atoms with Crippen LogP contribution in [0.4, 0.5) is 5.69 Å². The number of aromatic nitrogens is 1. The summed E-state index contributed by atoms with van der Waals surface area (Å²) in [5, 5.41) is 5.99. The van der Waals surface area contributed by atoms with Gasteiger partial charge in [-0.05, 0) is 30.0 Å². The number of benzene rings is 2. The summed E-state index contributed by atoms with van der Waals surface area (Å²) < 4.78 is 0. The minimum atomic E-state index is 0.751. The summed E-state index contributed by atoms with van der Waals surface area (Å²) in [5.74, 6) is 0. The van der Waals surface area contributed by atoms with E-state index in [4.69, 9.17) is 0 Å². The minimum absolute atomic E-state index is 0.751. The Kier molecular flexibility index (Phi) is 3.15. The molecule has 2 aromatic carbocycles. The number of pyridine rings is 1. The summed E-state index contributed by atoms with van der Waals surface area (Å²) in [6, 6.07) is 18.8. The lowest BCUT2D eigenvalue weighted by molar-refractivity contribution is 1.02. The van der Waals surface area contributed by atoms with Gasteiger partial charge in [0.05, 0.1) is 12.2 Å². The Hall–Kier alpha value is -2.35. The molecule has 1 heterocycles. The number of anilines is 1. The zero-order chi connectivity index (χ0) is 13.1. The third-order valence-electron chi connectivity index (χ3n) is 3.35. The van der Waals surface area contributed by atoms with Crippen LogP contribution in [-0.4, -0.2) is 4.98 Å². The van der Waals surface area contributed by atoms with Gasteiger partial charge < -0.3 is 5.32 Å². The first-order valence-electron chi connectivity index (χ1n) is 6.47. The van der Waals surface area contributed by atoms with Crippen LogP contribution in [0.25, 0.3) is 10.8 Å². The van der Waals surface area contributed by atoms with Crippen LogP contribution >= 0.6 is 0 Å². The first-order valence-corrected chi connectivity index (χ1v) is 6.47. The lowest BCUT2D eigenvalue weighted by Crippen LogP contribution is -2.03. The molecule has 0 unspecified atom stereocenters. The third-order valence-corrected chi connectivity index (χ3v) is 3.35. The Bertz CT molecular complexity index is 699. The molecule has 0 amide bonds. The number of fused-ring (bicyclic) bond motifs is 1. The highest BCUT2D eigenvalue weighted by atomic mass is 14.9. The zero-order valence-electron chi connectivity index (χ0n) is 10.9. The zero-order valence-corrected chi connectivity index (χ0v) is 10.9. The minimum Gasteiger partial charge on any atom is -0.379 e. The molecule has 0 atom stereocenters. The average Bonchev–Trinajstić information content (AvgIpc) is 2.46. The van der Waals surface area contributed by atoms with Gasteiger partial charge in [0.2, 0.25) is 0 Å². The molecule has 3 aromatic rings. The van der Waals surface area contributed by atoms with E-state index in [1.54, 1.807) is 0 Å². The van der Waals surface area contributed by atoms with Crippen molar-refractivity contribution in [3.63, 3.8) is 0 Å². The lowest BCUT2D eigenvalue weighted by Gasteiger charge is -2.10. The Morgan fingerprint density at radius 2 is 1.79 bits per heavy atom. The van der Waals surface area contributed by atoms with E-state index in [0.29, 0.717) is 0 Å². The summed E-state index contributed by atoms with van der Waals surface area (Å²) in [5.41, 5.74) is 3.47. The van der Waals surface area contributed by atoms with E-state index in [2.05, 4.69) is 65.8 Å². The molecule has 0 fully saturated rings. The van der Waals surface area contributed by atoms with Crippen molar-refractivity contribution < 1.29 is 0 Å². The predicted octanol–water partition coefficient (Wildman–Crippen LogP) is 4.16. The van der Waals surface area contributed by atoms with Gasteiger partial charge in [0, 0.05) is 17.3 Å². The molecular weight excluding hydrogens is 232 g/mol. The van der Waals surface area contributed by atoms with Crippen molar-refractivity contribution in [3.05, 3.63) is 72.1 Å². The number of hydrogen-bond acceptors (Lipinski definition) is 2. The normalized spacial score (nSPS) is 10.6. The van der Waals surface area contributed by atoms with Crippen LogP contribution in [-0.2, 0) is 6.54 Å². The molecule has 0 radical (unpaired) electrons. The van der Waals surface area contributed by atoms with E-state index in [1.807, 2.05) is 12.3 Å². The SMILES string of the molecule is Cc1cccnc1CNc1cccc2ccccc12. The van der Waals surface area contributed by atoms with Crippen molar-refractivity contribution in [3.8, 4) is 0 Å². The van der Waals surface area contributed by atoms with Crippen LogP contribution < -0.4 is 5.32 Å². The molecule has 0 saturated heterocycles. The molecule has 0 aliphatic carbocycles. The van der Waals surface area contributed by atoms with E-state index >= 15 is 0 Å². The average molecular weight is 248 g/mol. The molecule has 0 aliphatic rings. The molecule has 0 bridgehead atoms. The van der Waals surface area contributed by atoms with Crippen molar-refractivity contribution in [1.29, 1.82) is 0 Å². The Labute approximate surface area is 113 Å². The first-order chi connectivity index (χ1) is 9.34. The maximum Gasteiger partial charge on any atom is 0.0623 e. The number of aryl methyl sites for hydroxylation is 1. The predicted molar refractivity (Wildman–Crippen MR) is 80.2 cm³/mol. The van der Waals surface area contributed by atoms with Gasteiger partial charge in [0.1, 0.15) is 0 Å². The summed E-state index contributed by atoms with van der Waals surface area (Å²) in [6.45, 7) is 2.84. The lowest BCUT2D eigenvalue weighted by atomic mass is 10.1. The second-order valence-electron chi connectivity index (χ2n) is 4.65. The van der Waals surface area contributed by atoms with Crippen LogP contribution in [0.2, 0.25) is 0 Å². The van der Waals surface area contributed by atoms with Crippen LogP contribution in [0, 0.1) is 6.92 Å². The third kappa shape index (κ3) is 2.43. The van der Waals surface area contributed by atoms with E-state index in [1.165, 1.54) is 16.3 Å². The Balaban J connectivity index is 1.88. The van der Waals surface area contributed by atoms with Gasteiger partial charge in [-0.15, -0.1) is 0 Å². The molecule has 0 spiro atoms. The van der Waals surface area contributed by atoms with E-state index in [0.717, 1.165) is 17.9 Å². The smallest absolute Gasteiger partial charge is 0.0623 e. The monoisotopic (exact) mass is 248 g/mol. The molecule has 2 heteroatoms.